The van der Waals surface area contributed by atoms with Crippen LogP contribution in [-0.4, -0.2) is 101 Å². The number of hydrogen-bond donors (Lipinski definition) is 2. The number of likely N-dealkylation sites (tertiary alicyclic amines) is 1. The molecule has 1 unspecified atom stereocenters. The molecule has 2 amide bonds. The number of hydroxylamine groups is 2. The van der Waals surface area contributed by atoms with Gasteiger partial charge in [-0.3, -0.25) is 19.2 Å². The minimum absolute atomic E-state index is 0.0137. The van der Waals surface area contributed by atoms with E-state index in [9.17, 15) is 14.7 Å². The summed E-state index contributed by atoms with van der Waals surface area (Å²) in [5.41, 5.74) is 3.90. The first kappa shape index (κ1) is 41.3. The Morgan fingerprint density at radius 2 is 1.63 bits per heavy atom. The summed E-state index contributed by atoms with van der Waals surface area (Å²) in [4.78, 5) is 52.5. The molecule has 2 N–H and O–H groups in total. The van der Waals surface area contributed by atoms with Crippen molar-refractivity contribution in [1.82, 2.24) is 15.3 Å². The highest BCUT2D eigenvalue weighted by Crippen LogP contribution is 2.61. The monoisotopic (exact) mass is 857 g/mol. The van der Waals surface area contributed by atoms with Crippen molar-refractivity contribution >= 4 is 23.9 Å². The summed E-state index contributed by atoms with van der Waals surface area (Å²) in [7, 11) is 0. The maximum atomic E-state index is 15.6. The number of carbonyl (C=O) groups is 3. The molecule has 5 heterocycles. The Labute approximate surface area is 369 Å². The lowest BCUT2D eigenvalue weighted by Gasteiger charge is -2.53. The van der Waals surface area contributed by atoms with Gasteiger partial charge in [0.15, 0.2) is 6.04 Å². The van der Waals surface area contributed by atoms with Gasteiger partial charge in [-0.1, -0.05) is 110 Å². The van der Waals surface area contributed by atoms with Gasteiger partial charge in [-0.2, -0.15) is 5.06 Å². The van der Waals surface area contributed by atoms with Gasteiger partial charge in [-0.25, -0.2) is 0 Å². The van der Waals surface area contributed by atoms with Gasteiger partial charge in [-0.15, -0.1) is 0 Å². The number of carbonyl (C=O) groups excluding carboxylic acids is 3. The van der Waals surface area contributed by atoms with Gasteiger partial charge in [0, 0.05) is 30.6 Å². The van der Waals surface area contributed by atoms with Crippen molar-refractivity contribution in [3.05, 3.63) is 113 Å². The van der Waals surface area contributed by atoms with Crippen LogP contribution in [0.2, 0.25) is 0 Å². The van der Waals surface area contributed by atoms with Crippen molar-refractivity contribution in [3.8, 4) is 0 Å². The van der Waals surface area contributed by atoms with E-state index in [0.717, 1.165) is 41.5 Å². The van der Waals surface area contributed by atoms with E-state index in [1.165, 1.54) is 18.4 Å². The highest BCUT2D eigenvalue weighted by Gasteiger charge is 2.77. The average molecular weight is 858 g/mol. The zero-order valence-electron chi connectivity index (χ0n) is 36.4. The molecule has 3 aromatic rings. The van der Waals surface area contributed by atoms with Gasteiger partial charge in [0.2, 0.25) is 17.6 Å². The van der Waals surface area contributed by atoms with Crippen molar-refractivity contribution in [1.29, 1.82) is 0 Å². The molecular formula is C51H59N3O9. The van der Waals surface area contributed by atoms with Gasteiger partial charge in [0.25, 0.3) is 0 Å². The van der Waals surface area contributed by atoms with Crippen molar-refractivity contribution in [3.63, 3.8) is 0 Å². The Balaban J connectivity index is 0.954. The summed E-state index contributed by atoms with van der Waals surface area (Å²) < 4.78 is 26.9. The maximum Gasteiger partial charge on any atom is 0.327 e. The molecule has 3 aliphatic carbocycles. The number of hydrogen-bond acceptors (Lipinski definition) is 10. The minimum Gasteiger partial charge on any atom is -0.458 e. The number of nitrogens with one attached hydrogen (secondary N) is 1. The standard InChI is InChI=1S/C51H59N3O9/c1-48(2)28-36-33(19-20-40-49(3,60-40)22-21-37(36)48)27-31-12-10-13-32(26-31)30-54-43-46(57)59-39-29-50(43,47(58)53-24-11-18-38(53)45(56)52-23-25-55)44(63-54)42-41(39)61-51(62-42,34-14-6-4-7-15-34)35-16-8-5-9-17-35/h4-10,12-17,26-27,36-44,55H,11,18-25,28-30H2,1-3H3,(H,52,56)/t36-,37-,38-,39-,40?,41+,42+,43+,44-,49-,50+/m1/s1. The van der Waals surface area contributed by atoms with E-state index in [-0.39, 0.29) is 43.5 Å². The zero-order chi connectivity index (χ0) is 43.3. The normalized spacial score (nSPS) is 37.7. The summed E-state index contributed by atoms with van der Waals surface area (Å²) in [5.74, 6) is -1.42. The number of epoxide rings is 1. The van der Waals surface area contributed by atoms with E-state index in [1.54, 1.807) is 9.96 Å². The lowest BCUT2D eigenvalue weighted by atomic mass is 9.52. The molecule has 2 bridgehead atoms. The third-order valence-electron chi connectivity index (χ3n) is 16.1. The number of ether oxygens (including phenoxy) is 4. The smallest absolute Gasteiger partial charge is 0.327 e. The maximum absolute atomic E-state index is 15.6. The second-order valence-corrected chi connectivity index (χ2v) is 20.3. The summed E-state index contributed by atoms with van der Waals surface area (Å²) in [5, 5.41) is 13.9. The molecule has 12 heteroatoms. The number of nitrogens with zero attached hydrogens (tertiary/aromatic N) is 2. The van der Waals surface area contributed by atoms with Crippen LogP contribution in [0.15, 0.2) is 90.5 Å². The molecule has 11 rings (SSSR count). The molecule has 63 heavy (non-hydrogen) atoms. The van der Waals surface area contributed by atoms with Crippen LogP contribution in [0.25, 0.3) is 6.08 Å². The highest BCUT2D eigenvalue weighted by molar-refractivity contribution is 5.96. The molecule has 3 saturated carbocycles. The Hall–Kier alpha value is -4.43. The van der Waals surface area contributed by atoms with Crippen LogP contribution in [0.5, 0.6) is 0 Å². The molecule has 0 spiro atoms. The number of esters is 1. The van der Waals surface area contributed by atoms with E-state index in [0.29, 0.717) is 42.7 Å². The fraction of sp³-hybridized carbons (Fsp3) is 0.549. The van der Waals surface area contributed by atoms with E-state index < -0.39 is 53.7 Å². The van der Waals surface area contributed by atoms with E-state index >= 15 is 4.79 Å². The van der Waals surface area contributed by atoms with Gasteiger partial charge in [0.05, 0.1) is 24.9 Å². The zero-order valence-corrected chi connectivity index (χ0v) is 36.4. The number of benzene rings is 3. The van der Waals surface area contributed by atoms with Crippen molar-refractivity contribution in [2.75, 3.05) is 19.7 Å². The second kappa shape index (κ2) is 15.3. The quantitative estimate of drug-likeness (QED) is 0.193. The predicted molar refractivity (Wildman–Crippen MR) is 231 cm³/mol. The third-order valence-corrected chi connectivity index (χ3v) is 16.1. The first-order valence-electron chi connectivity index (χ1n) is 23.2. The Morgan fingerprint density at radius 3 is 2.37 bits per heavy atom. The lowest BCUT2D eigenvalue weighted by Crippen LogP contribution is -2.70. The minimum atomic E-state index is -1.45. The third kappa shape index (κ3) is 6.64. The molecule has 12 nitrogen and oxygen atoms in total. The second-order valence-electron chi connectivity index (χ2n) is 20.3. The fourth-order valence-corrected chi connectivity index (χ4v) is 12.9. The lowest BCUT2D eigenvalue weighted by molar-refractivity contribution is -0.214. The Bertz CT molecular complexity index is 2260. The number of rotatable bonds is 9. The first-order valence-corrected chi connectivity index (χ1v) is 23.2. The van der Waals surface area contributed by atoms with Crippen molar-refractivity contribution in [2.45, 2.75) is 133 Å². The Kier molecular flexibility index (Phi) is 10.1. The molecule has 0 aromatic heterocycles. The molecule has 5 saturated heterocycles. The SMILES string of the molecule is CC1(C)C[C@@H]2C(=Cc3cccc(CN4O[C@@H]5[C@H]6OC(c7ccccc7)(c7ccccc7)O[C@H]6[C@H]6C[C@]5(C(=O)N5CCC[C@@H]5C(=O)NCCO)[C@@H]4C(=O)O6)c3)CCC3O[C@]3(C)CC[C@H]21. The van der Waals surface area contributed by atoms with Crippen LogP contribution in [0.3, 0.4) is 0 Å². The average Bonchev–Trinajstić information content (AvgIpc) is 3.69. The predicted octanol–water partition coefficient (Wildman–Crippen LogP) is 6.05. The highest BCUT2D eigenvalue weighted by atomic mass is 16.8. The van der Waals surface area contributed by atoms with Crippen LogP contribution in [0, 0.1) is 22.7 Å². The summed E-state index contributed by atoms with van der Waals surface area (Å²) >= 11 is 0. The molecule has 0 radical (unpaired) electrons. The van der Waals surface area contributed by atoms with E-state index in [2.05, 4.69) is 50.4 Å². The van der Waals surface area contributed by atoms with E-state index in [1.807, 2.05) is 66.7 Å². The van der Waals surface area contributed by atoms with Gasteiger partial charge in [0.1, 0.15) is 35.9 Å². The number of aliphatic hydroxyl groups excluding tert-OH is 1. The summed E-state index contributed by atoms with van der Waals surface area (Å²) in [6.07, 6.45) is 6.09. The van der Waals surface area contributed by atoms with Crippen molar-refractivity contribution in [2.24, 2.45) is 22.7 Å². The molecule has 5 aliphatic heterocycles. The van der Waals surface area contributed by atoms with Gasteiger partial charge >= 0.3 is 5.97 Å². The summed E-state index contributed by atoms with van der Waals surface area (Å²) in [6, 6.07) is 26.0. The van der Waals surface area contributed by atoms with Crippen molar-refractivity contribution < 1.29 is 43.3 Å². The van der Waals surface area contributed by atoms with E-state index in [4.69, 9.17) is 23.8 Å². The molecule has 11 atom stereocenters. The largest absolute Gasteiger partial charge is 0.458 e. The first-order chi connectivity index (χ1) is 30.4. The molecular weight excluding hydrogens is 799 g/mol. The topological polar surface area (TPSA) is 139 Å². The van der Waals surface area contributed by atoms with Crippen LogP contribution < -0.4 is 5.32 Å². The molecule has 3 aromatic carbocycles. The fourth-order valence-electron chi connectivity index (χ4n) is 12.9. The number of allylic oxidation sites excluding steroid dienone is 1. The van der Waals surface area contributed by atoms with Crippen LogP contribution in [0.1, 0.15) is 94.4 Å². The molecule has 8 aliphatic rings. The number of aliphatic hydroxyl groups is 1. The molecule has 332 valence electrons. The number of amides is 2. The van der Waals surface area contributed by atoms with Crippen LogP contribution in [0.4, 0.5) is 0 Å². The van der Waals surface area contributed by atoms with Gasteiger partial charge < -0.3 is 34.3 Å². The number of fused-ring (bicyclic) bond motifs is 6. The Morgan fingerprint density at radius 1 is 0.889 bits per heavy atom. The molecule has 8 fully saturated rings. The van der Waals surface area contributed by atoms with Crippen LogP contribution >= 0.6 is 0 Å². The van der Waals surface area contributed by atoms with Crippen LogP contribution in [-0.2, 0) is 50.5 Å². The van der Waals surface area contributed by atoms with Gasteiger partial charge in [-0.05, 0) is 80.2 Å². The summed E-state index contributed by atoms with van der Waals surface area (Å²) in [6.45, 7) is 7.52.